The van der Waals surface area contributed by atoms with Crippen molar-refractivity contribution in [2.45, 2.75) is 37.8 Å². The third-order valence-electron chi connectivity index (χ3n) is 4.56. The summed E-state index contributed by atoms with van der Waals surface area (Å²) in [7, 11) is 2.28. The van der Waals surface area contributed by atoms with Gasteiger partial charge in [-0.05, 0) is 60.6 Å². The first kappa shape index (κ1) is 13.7. The maximum Gasteiger partial charge on any atom is 0.140 e. The predicted molar refractivity (Wildman–Crippen MR) is 82.7 cm³/mol. The lowest BCUT2D eigenvalue weighted by molar-refractivity contribution is 0.139. The highest BCUT2D eigenvalue weighted by molar-refractivity contribution is 9.10. The van der Waals surface area contributed by atoms with E-state index in [4.69, 9.17) is 11.6 Å². The van der Waals surface area contributed by atoms with Gasteiger partial charge in [-0.2, -0.15) is 0 Å². The van der Waals surface area contributed by atoms with Gasteiger partial charge in [0.05, 0.1) is 9.50 Å². The van der Waals surface area contributed by atoms with Crippen molar-refractivity contribution in [1.82, 2.24) is 9.88 Å². The molecule has 104 valence electrons. The Kier molecular flexibility index (Phi) is 4.01. The molecule has 0 saturated carbocycles. The highest BCUT2D eigenvalue weighted by Crippen LogP contribution is 2.37. The molecule has 19 heavy (non-hydrogen) atoms. The van der Waals surface area contributed by atoms with Crippen LogP contribution in [0, 0.1) is 5.92 Å². The number of anilines is 1. The molecule has 0 spiro atoms. The van der Waals surface area contributed by atoms with Crippen molar-refractivity contribution in [2.24, 2.45) is 5.92 Å². The monoisotopic (exact) mass is 343 g/mol. The second kappa shape index (κ2) is 5.58. The van der Waals surface area contributed by atoms with E-state index in [0.717, 1.165) is 34.8 Å². The molecule has 2 bridgehead atoms. The van der Waals surface area contributed by atoms with Gasteiger partial charge in [-0.1, -0.05) is 11.6 Å². The fourth-order valence-electron chi connectivity index (χ4n) is 3.48. The van der Waals surface area contributed by atoms with Gasteiger partial charge < -0.3 is 10.2 Å². The van der Waals surface area contributed by atoms with E-state index in [1.54, 1.807) is 6.20 Å². The zero-order valence-electron chi connectivity index (χ0n) is 11.1. The normalized spacial score (nSPS) is 30.6. The molecule has 2 atom stereocenters. The second-order valence-electron chi connectivity index (χ2n) is 5.75. The standard InChI is InChI=1S/C14H19BrClN3/c1-19-11-2-3-12(19)5-9(4-11)7-17-14-13(15)6-10(16)8-18-14/h6,8-9,11-12H,2-5,7H2,1H3,(H,17,18). The molecule has 2 saturated heterocycles. The summed E-state index contributed by atoms with van der Waals surface area (Å²) in [6.45, 7) is 1.01. The van der Waals surface area contributed by atoms with Crippen LogP contribution in [-0.4, -0.2) is 35.6 Å². The number of fused-ring (bicyclic) bond motifs is 2. The van der Waals surface area contributed by atoms with Gasteiger partial charge in [0.2, 0.25) is 0 Å². The molecular weight excluding hydrogens is 326 g/mol. The summed E-state index contributed by atoms with van der Waals surface area (Å²) in [5, 5.41) is 4.12. The number of rotatable bonds is 3. The Morgan fingerprint density at radius 1 is 1.42 bits per heavy atom. The molecule has 0 radical (unpaired) electrons. The molecule has 2 unspecified atom stereocenters. The van der Waals surface area contributed by atoms with Crippen LogP contribution in [0.15, 0.2) is 16.7 Å². The molecule has 0 aliphatic carbocycles. The van der Waals surface area contributed by atoms with E-state index in [-0.39, 0.29) is 0 Å². The van der Waals surface area contributed by atoms with Crippen molar-refractivity contribution in [3.05, 3.63) is 21.8 Å². The van der Waals surface area contributed by atoms with Crippen LogP contribution in [0.3, 0.4) is 0 Å². The fourth-order valence-corrected chi connectivity index (χ4v) is 4.26. The summed E-state index contributed by atoms with van der Waals surface area (Å²) in [6, 6.07) is 3.48. The van der Waals surface area contributed by atoms with Crippen molar-refractivity contribution in [2.75, 3.05) is 18.9 Å². The lowest BCUT2D eigenvalue weighted by Crippen LogP contribution is -2.41. The molecular formula is C14H19BrClN3. The van der Waals surface area contributed by atoms with Crippen LogP contribution in [-0.2, 0) is 0 Å². The van der Waals surface area contributed by atoms with E-state index >= 15 is 0 Å². The largest absolute Gasteiger partial charge is 0.369 e. The lowest BCUT2D eigenvalue weighted by Gasteiger charge is -2.36. The second-order valence-corrected chi connectivity index (χ2v) is 7.04. The maximum atomic E-state index is 5.90. The summed E-state index contributed by atoms with van der Waals surface area (Å²) < 4.78 is 0.941. The van der Waals surface area contributed by atoms with Gasteiger partial charge in [-0.25, -0.2) is 4.98 Å². The Balaban J connectivity index is 1.58. The van der Waals surface area contributed by atoms with Gasteiger partial charge in [-0.3, -0.25) is 0 Å². The van der Waals surface area contributed by atoms with E-state index in [1.165, 1.54) is 25.7 Å². The zero-order valence-corrected chi connectivity index (χ0v) is 13.4. The van der Waals surface area contributed by atoms with E-state index in [1.807, 2.05) is 6.07 Å². The molecule has 1 aromatic rings. The van der Waals surface area contributed by atoms with E-state index in [9.17, 15) is 0 Å². The Labute approximate surface area is 127 Å². The molecule has 2 fully saturated rings. The van der Waals surface area contributed by atoms with Crippen LogP contribution >= 0.6 is 27.5 Å². The highest BCUT2D eigenvalue weighted by Gasteiger charge is 2.38. The van der Waals surface area contributed by atoms with Crippen LogP contribution in [0.4, 0.5) is 5.82 Å². The number of hydrogen-bond acceptors (Lipinski definition) is 3. The molecule has 0 aromatic carbocycles. The molecule has 5 heteroatoms. The smallest absolute Gasteiger partial charge is 0.140 e. The number of piperidine rings is 1. The molecule has 3 heterocycles. The topological polar surface area (TPSA) is 28.2 Å². The van der Waals surface area contributed by atoms with Gasteiger partial charge >= 0.3 is 0 Å². The summed E-state index contributed by atoms with van der Waals surface area (Å²) in [6.07, 6.45) is 7.06. The SMILES string of the molecule is CN1C2CCC1CC(CNc1ncc(Cl)cc1Br)C2. The number of pyridine rings is 1. The highest BCUT2D eigenvalue weighted by atomic mass is 79.9. The first-order valence-corrected chi connectivity index (χ1v) is 8.07. The first-order chi connectivity index (χ1) is 9.13. The summed E-state index contributed by atoms with van der Waals surface area (Å²) in [5.41, 5.74) is 0. The first-order valence-electron chi connectivity index (χ1n) is 6.90. The molecule has 1 N–H and O–H groups in total. The van der Waals surface area contributed by atoms with Crippen molar-refractivity contribution < 1.29 is 0 Å². The number of halogens is 2. The van der Waals surface area contributed by atoms with Gasteiger partial charge in [-0.15, -0.1) is 0 Å². The van der Waals surface area contributed by atoms with Gasteiger partial charge in [0, 0.05) is 24.8 Å². The minimum absolute atomic E-state index is 0.662. The van der Waals surface area contributed by atoms with Crippen LogP contribution in [0.2, 0.25) is 5.02 Å². The number of nitrogens with zero attached hydrogens (tertiary/aromatic N) is 2. The van der Waals surface area contributed by atoms with Gasteiger partial charge in [0.25, 0.3) is 0 Å². The zero-order chi connectivity index (χ0) is 13.4. The van der Waals surface area contributed by atoms with Gasteiger partial charge in [0.15, 0.2) is 0 Å². The summed E-state index contributed by atoms with van der Waals surface area (Å²) >= 11 is 9.40. The van der Waals surface area contributed by atoms with Crippen molar-refractivity contribution in [3.63, 3.8) is 0 Å². The van der Waals surface area contributed by atoms with Gasteiger partial charge in [0.1, 0.15) is 5.82 Å². The minimum atomic E-state index is 0.662. The fraction of sp³-hybridized carbons (Fsp3) is 0.643. The van der Waals surface area contributed by atoms with E-state index in [0.29, 0.717) is 5.02 Å². The van der Waals surface area contributed by atoms with Crippen LogP contribution in [0.5, 0.6) is 0 Å². The Morgan fingerprint density at radius 2 is 2.11 bits per heavy atom. The van der Waals surface area contributed by atoms with Crippen LogP contribution in [0.25, 0.3) is 0 Å². The summed E-state index contributed by atoms with van der Waals surface area (Å²) in [4.78, 5) is 6.91. The molecule has 3 rings (SSSR count). The predicted octanol–water partition coefficient (Wildman–Crippen LogP) is 3.78. The average molecular weight is 345 g/mol. The van der Waals surface area contributed by atoms with E-state index < -0.39 is 0 Å². The summed E-state index contributed by atoms with van der Waals surface area (Å²) in [5.74, 6) is 1.66. The van der Waals surface area contributed by atoms with Crippen molar-refractivity contribution in [1.29, 1.82) is 0 Å². The molecule has 2 aliphatic heterocycles. The van der Waals surface area contributed by atoms with Crippen LogP contribution in [0.1, 0.15) is 25.7 Å². The third kappa shape index (κ3) is 2.91. The molecule has 0 amide bonds. The number of hydrogen-bond donors (Lipinski definition) is 1. The third-order valence-corrected chi connectivity index (χ3v) is 5.37. The Bertz CT molecular complexity index is 454. The molecule has 2 aliphatic rings. The number of aromatic nitrogens is 1. The minimum Gasteiger partial charge on any atom is -0.369 e. The maximum absolute atomic E-state index is 5.90. The Morgan fingerprint density at radius 3 is 2.74 bits per heavy atom. The van der Waals surface area contributed by atoms with Crippen molar-refractivity contribution in [3.8, 4) is 0 Å². The quantitative estimate of drug-likeness (QED) is 0.904. The van der Waals surface area contributed by atoms with Crippen molar-refractivity contribution >= 4 is 33.3 Å². The molecule has 3 nitrogen and oxygen atoms in total. The lowest BCUT2D eigenvalue weighted by atomic mass is 9.91. The Hall–Kier alpha value is -0.320. The average Bonchev–Trinajstić information content (AvgIpc) is 2.62. The number of nitrogens with one attached hydrogen (secondary N) is 1. The van der Waals surface area contributed by atoms with Crippen LogP contribution < -0.4 is 5.32 Å². The van der Waals surface area contributed by atoms with E-state index in [2.05, 4.69) is 38.2 Å². The molecule has 1 aromatic heterocycles.